The fourth-order valence-corrected chi connectivity index (χ4v) is 4.67. The molecule has 0 saturated carbocycles. The van der Waals surface area contributed by atoms with Crippen molar-refractivity contribution in [2.45, 2.75) is 52.4 Å². The number of nitrogens with two attached hydrogens (primary N) is 2. The first-order valence-corrected chi connectivity index (χ1v) is 12.4. The van der Waals surface area contributed by atoms with Gasteiger partial charge in [0.1, 0.15) is 0 Å². The summed E-state index contributed by atoms with van der Waals surface area (Å²) in [5.41, 5.74) is 24.5. The van der Waals surface area contributed by atoms with E-state index < -0.39 is 0 Å². The smallest absolute Gasteiger partial charge is 0.0314 e. The maximum absolute atomic E-state index is 5.84. The van der Waals surface area contributed by atoms with Crippen LogP contribution in [0, 0.1) is 0 Å². The van der Waals surface area contributed by atoms with Crippen LogP contribution in [-0.2, 0) is 38.5 Å². The molecule has 0 aliphatic heterocycles. The van der Waals surface area contributed by atoms with Crippen molar-refractivity contribution < 1.29 is 0 Å². The summed E-state index contributed by atoms with van der Waals surface area (Å²) in [6, 6.07) is 30.5. The van der Waals surface area contributed by atoms with E-state index in [1.165, 1.54) is 44.5 Å². The summed E-state index contributed by atoms with van der Waals surface area (Å²) in [4.78, 5) is 0. The molecule has 174 valence electrons. The third kappa shape index (κ3) is 6.08. The van der Waals surface area contributed by atoms with Crippen LogP contribution >= 0.6 is 0 Å². The van der Waals surface area contributed by atoms with Gasteiger partial charge < -0.3 is 11.5 Å². The summed E-state index contributed by atoms with van der Waals surface area (Å²) in [5.74, 6) is 0. The lowest BCUT2D eigenvalue weighted by molar-refractivity contribution is 0.936. The van der Waals surface area contributed by atoms with Gasteiger partial charge in [0.2, 0.25) is 0 Å². The van der Waals surface area contributed by atoms with Gasteiger partial charge in [-0.2, -0.15) is 0 Å². The second kappa shape index (κ2) is 11.1. The van der Waals surface area contributed by atoms with Gasteiger partial charge in [0.15, 0.2) is 0 Å². The van der Waals surface area contributed by atoms with Gasteiger partial charge in [0.25, 0.3) is 0 Å². The van der Waals surface area contributed by atoms with E-state index in [1.807, 2.05) is 24.3 Å². The zero-order chi connectivity index (χ0) is 23.9. The first kappa shape index (κ1) is 23.6. The number of nitrogen functional groups attached to an aromatic ring is 2. The molecule has 2 nitrogen and oxygen atoms in total. The summed E-state index contributed by atoms with van der Waals surface area (Å²) in [5, 5.41) is 0. The van der Waals surface area contributed by atoms with Gasteiger partial charge in [-0.25, -0.2) is 0 Å². The molecular formula is C32H36N2. The molecule has 34 heavy (non-hydrogen) atoms. The highest BCUT2D eigenvalue weighted by Gasteiger charge is 2.07. The number of hydrogen-bond acceptors (Lipinski definition) is 2. The van der Waals surface area contributed by atoms with Crippen LogP contribution in [0.4, 0.5) is 11.4 Å². The van der Waals surface area contributed by atoms with Gasteiger partial charge in [0, 0.05) is 11.4 Å². The minimum Gasteiger partial charge on any atom is -0.399 e. The SMILES string of the molecule is CCc1cc(CCc2ccc(Cc3ccc(N)cc3)c(CC)c2)ccc1Cc1ccc(N)cc1. The quantitative estimate of drug-likeness (QED) is 0.272. The minimum absolute atomic E-state index is 0.819. The van der Waals surface area contributed by atoms with Crippen molar-refractivity contribution in [2.75, 3.05) is 11.5 Å². The van der Waals surface area contributed by atoms with Crippen molar-refractivity contribution in [3.63, 3.8) is 0 Å². The summed E-state index contributed by atoms with van der Waals surface area (Å²) in [7, 11) is 0. The molecule has 0 atom stereocenters. The Kier molecular flexibility index (Phi) is 7.69. The molecule has 4 N–H and O–H groups in total. The molecule has 0 radical (unpaired) electrons. The van der Waals surface area contributed by atoms with Gasteiger partial charge in [-0.1, -0.05) is 74.5 Å². The molecule has 0 aliphatic rings. The Balaban J connectivity index is 1.43. The molecule has 0 saturated heterocycles. The Morgan fingerprint density at radius 1 is 0.441 bits per heavy atom. The molecule has 0 unspecified atom stereocenters. The topological polar surface area (TPSA) is 52.0 Å². The standard InChI is InChI=1S/C32H36N2/c1-3-27-19-23(7-13-29(27)21-25-9-15-31(33)16-10-25)5-6-24-8-14-30(28(4-2)20-24)22-26-11-17-32(34)18-12-26/h7-20H,3-6,21-22,33-34H2,1-2H3. The van der Waals surface area contributed by atoms with E-state index in [1.54, 1.807) is 0 Å². The highest BCUT2D eigenvalue weighted by molar-refractivity contribution is 5.44. The number of aryl methyl sites for hydroxylation is 4. The third-order valence-corrected chi connectivity index (χ3v) is 6.75. The molecule has 0 aliphatic carbocycles. The predicted molar refractivity (Wildman–Crippen MR) is 146 cm³/mol. The molecular weight excluding hydrogens is 412 g/mol. The Bertz CT molecular complexity index is 1120. The van der Waals surface area contributed by atoms with Crippen molar-refractivity contribution in [3.05, 3.63) is 129 Å². The largest absolute Gasteiger partial charge is 0.399 e. The van der Waals surface area contributed by atoms with Crippen LogP contribution in [0.3, 0.4) is 0 Å². The second-order valence-electron chi connectivity index (χ2n) is 9.25. The molecule has 0 fully saturated rings. The average Bonchev–Trinajstić information content (AvgIpc) is 2.86. The van der Waals surface area contributed by atoms with Crippen LogP contribution in [-0.4, -0.2) is 0 Å². The number of anilines is 2. The monoisotopic (exact) mass is 448 g/mol. The molecule has 0 amide bonds. The van der Waals surface area contributed by atoms with Crippen molar-refractivity contribution >= 4 is 11.4 Å². The van der Waals surface area contributed by atoms with Gasteiger partial charge >= 0.3 is 0 Å². The van der Waals surface area contributed by atoms with Crippen molar-refractivity contribution in [1.82, 2.24) is 0 Å². The lowest BCUT2D eigenvalue weighted by Crippen LogP contribution is -2.00. The first-order valence-electron chi connectivity index (χ1n) is 12.4. The zero-order valence-electron chi connectivity index (χ0n) is 20.5. The van der Waals surface area contributed by atoms with Crippen molar-refractivity contribution in [3.8, 4) is 0 Å². The highest BCUT2D eigenvalue weighted by atomic mass is 14.5. The van der Waals surface area contributed by atoms with E-state index in [4.69, 9.17) is 11.5 Å². The maximum atomic E-state index is 5.84. The van der Waals surface area contributed by atoms with Gasteiger partial charge in [-0.3, -0.25) is 0 Å². The van der Waals surface area contributed by atoms with Gasteiger partial charge in [0.05, 0.1) is 0 Å². The lowest BCUT2D eigenvalue weighted by Gasteiger charge is -2.13. The summed E-state index contributed by atoms with van der Waals surface area (Å²) >= 11 is 0. The third-order valence-electron chi connectivity index (χ3n) is 6.75. The first-order chi connectivity index (χ1) is 16.5. The van der Waals surface area contributed by atoms with Crippen LogP contribution in [0.1, 0.15) is 58.4 Å². The van der Waals surface area contributed by atoms with Crippen LogP contribution in [0.5, 0.6) is 0 Å². The Labute approximate surface area is 204 Å². The Morgan fingerprint density at radius 3 is 1.15 bits per heavy atom. The molecule has 0 spiro atoms. The van der Waals surface area contributed by atoms with Crippen LogP contribution < -0.4 is 11.5 Å². The van der Waals surface area contributed by atoms with Crippen molar-refractivity contribution in [1.29, 1.82) is 0 Å². The second-order valence-corrected chi connectivity index (χ2v) is 9.25. The number of benzene rings is 4. The van der Waals surface area contributed by atoms with Crippen molar-refractivity contribution in [2.24, 2.45) is 0 Å². The summed E-state index contributed by atoms with van der Waals surface area (Å²) in [6.45, 7) is 4.50. The fraction of sp³-hybridized carbons (Fsp3) is 0.250. The Hall–Kier alpha value is -3.52. The van der Waals surface area contributed by atoms with E-state index in [2.05, 4.69) is 74.5 Å². The molecule has 0 bridgehead atoms. The van der Waals surface area contributed by atoms with E-state index >= 15 is 0 Å². The van der Waals surface area contributed by atoms with E-state index in [0.29, 0.717) is 0 Å². The minimum atomic E-state index is 0.819. The zero-order valence-corrected chi connectivity index (χ0v) is 20.5. The number of hydrogen-bond donors (Lipinski definition) is 2. The summed E-state index contributed by atoms with van der Waals surface area (Å²) < 4.78 is 0. The molecule has 2 heteroatoms. The van der Waals surface area contributed by atoms with Crippen LogP contribution in [0.2, 0.25) is 0 Å². The van der Waals surface area contributed by atoms with E-state index in [-0.39, 0.29) is 0 Å². The fourth-order valence-electron chi connectivity index (χ4n) is 4.67. The van der Waals surface area contributed by atoms with Gasteiger partial charge in [-0.15, -0.1) is 0 Å². The van der Waals surface area contributed by atoms with Crippen LogP contribution in [0.15, 0.2) is 84.9 Å². The number of rotatable bonds is 9. The molecule has 0 heterocycles. The van der Waals surface area contributed by atoms with Crippen LogP contribution in [0.25, 0.3) is 0 Å². The Morgan fingerprint density at radius 2 is 0.794 bits per heavy atom. The molecule has 0 aromatic heterocycles. The molecule has 4 rings (SSSR count). The lowest BCUT2D eigenvalue weighted by atomic mass is 9.92. The summed E-state index contributed by atoms with van der Waals surface area (Å²) in [6.07, 6.45) is 6.15. The maximum Gasteiger partial charge on any atom is 0.0314 e. The molecule has 4 aromatic carbocycles. The predicted octanol–water partition coefficient (Wildman–Crippen LogP) is 6.94. The normalized spacial score (nSPS) is 11.0. The van der Waals surface area contributed by atoms with Gasteiger partial charge in [-0.05, 0) is 107 Å². The highest BCUT2D eigenvalue weighted by Crippen LogP contribution is 2.22. The van der Waals surface area contributed by atoms with E-state index in [0.717, 1.165) is 49.9 Å². The van der Waals surface area contributed by atoms with E-state index in [9.17, 15) is 0 Å². The molecule has 4 aromatic rings. The average molecular weight is 449 g/mol.